The van der Waals surface area contributed by atoms with Gasteiger partial charge in [0.25, 0.3) is 0 Å². The van der Waals surface area contributed by atoms with Crippen LogP contribution in [0.5, 0.6) is 0 Å². The molecule has 122 valence electrons. The summed E-state index contributed by atoms with van der Waals surface area (Å²) in [5, 5.41) is 4.51. The minimum atomic E-state index is 0.225. The zero-order chi connectivity index (χ0) is 15.5. The van der Waals surface area contributed by atoms with Gasteiger partial charge < -0.3 is 0 Å². The van der Waals surface area contributed by atoms with Gasteiger partial charge in [-0.25, -0.2) is 0 Å². The first kappa shape index (κ1) is 18.2. The number of hydrogen-bond acceptors (Lipinski definition) is 3. The molecule has 0 aromatic carbocycles. The van der Waals surface area contributed by atoms with Crippen LogP contribution in [-0.4, -0.2) is 9.78 Å². The molecule has 1 rings (SSSR count). The van der Waals surface area contributed by atoms with E-state index < -0.39 is 0 Å². The Hall–Kier alpha value is -0.870. The van der Waals surface area contributed by atoms with Crippen LogP contribution < -0.4 is 11.3 Å². The highest BCUT2D eigenvalue weighted by molar-refractivity contribution is 5.14. The second-order valence-electron chi connectivity index (χ2n) is 6.02. The Bertz CT molecular complexity index is 373. The molecule has 1 aromatic rings. The van der Waals surface area contributed by atoms with Crippen LogP contribution >= 0.6 is 0 Å². The molecule has 0 aliphatic heterocycles. The van der Waals surface area contributed by atoms with Crippen molar-refractivity contribution in [1.82, 2.24) is 15.2 Å². The fourth-order valence-corrected chi connectivity index (χ4v) is 2.84. The summed E-state index contributed by atoms with van der Waals surface area (Å²) in [4.78, 5) is 0. The van der Waals surface area contributed by atoms with Crippen LogP contribution in [-0.2, 0) is 13.5 Å². The van der Waals surface area contributed by atoms with E-state index in [-0.39, 0.29) is 6.04 Å². The van der Waals surface area contributed by atoms with Gasteiger partial charge in [-0.05, 0) is 18.9 Å². The van der Waals surface area contributed by atoms with Crippen molar-refractivity contribution >= 4 is 0 Å². The molecule has 1 unspecified atom stereocenters. The number of aryl methyl sites for hydroxylation is 2. The van der Waals surface area contributed by atoms with E-state index in [1.807, 2.05) is 11.7 Å². The number of nitrogens with one attached hydrogen (secondary N) is 1. The predicted molar refractivity (Wildman–Crippen MR) is 89.9 cm³/mol. The Morgan fingerprint density at radius 1 is 1.10 bits per heavy atom. The minimum absolute atomic E-state index is 0.225. The van der Waals surface area contributed by atoms with Crippen LogP contribution in [0.25, 0.3) is 0 Å². The van der Waals surface area contributed by atoms with Crippen molar-refractivity contribution in [1.29, 1.82) is 0 Å². The molecule has 3 N–H and O–H groups in total. The minimum Gasteiger partial charge on any atom is -0.271 e. The third-order valence-electron chi connectivity index (χ3n) is 4.23. The highest BCUT2D eigenvalue weighted by Crippen LogP contribution is 2.20. The zero-order valence-electron chi connectivity index (χ0n) is 14.2. The Morgan fingerprint density at radius 3 is 2.24 bits per heavy atom. The lowest BCUT2D eigenvalue weighted by Crippen LogP contribution is -2.29. The van der Waals surface area contributed by atoms with Crippen molar-refractivity contribution < 1.29 is 0 Å². The molecular weight excluding hydrogens is 260 g/mol. The first-order valence-electron chi connectivity index (χ1n) is 8.71. The highest BCUT2D eigenvalue weighted by Gasteiger charge is 2.14. The van der Waals surface area contributed by atoms with E-state index in [1.165, 1.54) is 57.1 Å². The van der Waals surface area contributed by atoms with E-state index >= 15 is 0 Å². The average molecular weight is 294 g/mol. The van der Waals surface area contributed by atoms with E-state index in [9.17, 15) is 0 Å². The molecule has 0 spiro atoms. The molecule has 0 aliphatic carbocycles. The Kier molecular flexibility index (Phi) is 9.35. The van der Waals surface area contributed by atoms with Gasteiger partial charge in [-0.2, -0.15) is 5.10 Å². The second-order valence-corrected chi connectivity index (χ2v) is 6.02. The van der Waals surface area contributed by atoms with Crippen LogP contribution in [0.15, 0.2) is 6.07 Å². The molecule has 21 heavy (non-hydrogen) atoms. The molecule has 1 aromatic heterocycles. The number of hydrogen-bond donors (Lipinski definition) is 2. The van der Waals surface area contributed by atoms with E-state index in [4.69, 9.17) is 5.84 Å². The fraction of sp³-hybridized carbons (Fsp3) is 0.824. The number of hydrazine groups is 1. The molecule has 0 saturated heterocycles. The van der Waals surface area contributed by atoms with Gasteiger partial charge in [0.05, 0.1) is 17.4 Å². The van der Waals surface area contributed by atoms with E-state index in [0.717, 1.165) is 18.5 Å². The van der Waals surface area contributed by atoms with Crippen LogP contribution in [0.1, 0.15) is 89.1 Å². The van der Waals surface area contributed by atoms with Crippen LogP contribution in [0, 0.1) is 0 Å². The summed E-state index contributed by atoms with van der Waals surface area (Å²) >= 11 is 0. The van der Waals surface area contributed by atoms with Gasteiger partial charge in [-0.1, -0.05) is 65.2 Å². The van der Waals surface area contributed by atoms with Crippen molar-refractivity contribution in [2.45, 2.75) is 84.1 Å². The van der Waals surface area contributed by atoms with Crippen molar-refractivity contribution in [3.63, 3.8) is 0 Å². The van der Waals surface area contributed by atoms with Crippen molar-refractivity contribution in [3.05, 3.63) is 17.5 Å². The quantitative estimate of drug-likeness (QED) is 0.348. The van der Waals surface area contributed by atoms with E-state index in [2.05, 4.69) is 30.4 Å². The number of aromatic nitrogens is 2. The summed E-state index contributed by atoms with van der Waals surface area (Å²) in [7, 11) is 2.01. The van der Waals surface area contributed by atoms with Crippen LogP contribution in [0.3, 0.4) is 0 Å². The van der Waals surface area contributed by atoms with Gasteiger partial charge in [0, 0.05) is 7.05 Å². The second kappa shape index (κ2) is 10.8. The van der Waals surface area contributed by atoms with Gasteiger partial charge in [-0.3, -0.25) is 16.0 Å². The summed E-state index contributed by atoms with van der Waals surface area (Å²) < 4.78 is 1.97. The maximum atomic E-state index is 5.73. The standard InChI is InChI=1S/C17H34N4/c1-4-6-7-8-9-10-11-12-13-16(19-18)17-14-15(5-2)20-21(17)3/h14,16,19H,4-13,18H2,1-3H3. The molecule has 4 nitrogen and oxygen atoms in total. The third kappa shape index (κ3) is 6.62. The SMILES string of the molecule is CCCCCCCCCCC(NN)c1cc(CC)nn1C. The summed E-state index contributed by atoms with van der Waals surface area (Å²) in [6.07, 6.45) is 12.9. The number of rotatable bonds is 12. The van der Waals surface area contributed by atoms with Gasteiger partial charge in [0.15, 0.2) is 0 Å². The van der Waals surface area contributed by atoms with Gasteiger partial charge >= 0.3 is 0 Å². The number of nitrogens with two attached hydrogens (primary N) is 1. The summed E-state index contributed by atoms with van der Waals surface area (Å²) in [5.74, 6) is 5.73. The van der Waals surface area contributed by atoms with Gasteiger partial charge in [-0.15, -0.1) is 0 Å². The Balaban J connectivity index is 2.23. The molecule has 0 saturated carbocycles. The maximum absolute atomic E-state index is 5.73. The van der Waals surface area contributed by atoms with E-state index in [1.54, 1.807) is 0 Å². The first-order valence-corrected chi connectivity index (χ1v) is 8.71. The summed E-state index contributed by atoms with van der Waals surface area (Å²) in [6.45, 7) is 4.40. The molecular formula is C17H34N4. The molecule has 0 fully saturated rings. The average Bonchev–Trinajstić information content (AvgIpc) is 2.87. The molecule has 4 heteroatoms. The first-order chi connectivity index (χ1) is 10.2. The monoisotopic (exact) mass is 294 g/mol. The topological polar surface area (TPSA) is 55.9 Å². The lowest BCUT2D eigenvalue weighted by atomic mass is 10.0. The molecule has 1 heterocycles. The lowest BCUT2D eigenvalue weighted by molar-refractivity contribution is 0.450. The lowest BCUT2D eigenvalue weighted by Gasteiger charge is -2.15. The molecule has 0 bridgehead atoms. The number of unbranched alkanes of at least 4 members (excludes halogenated alkanes) is 7. The number of nitrogens with zero attached hydrogens (tertiary/aromatic N) is 2. The predicted octanol–water partition coefficient (Wildman–Crippen LogP) is 4.02. The normalized spacial score (nSPS) is 12.8. The summed E-state index contributed by atoms with van der Waals surface area (Å²) in [6, 6.07) is 2.40. The summed E-state index contributed by atoms with van der Waals surface area (Å²) in [5.41, 5.74) is 5.30. The third-order valence-corrected chi connectivity index (χ3v) is 4.23. The molecule has 0 aliphatic rings. The van der Waals surface area contributed by atoms with Crippen LogP contribution in [0.4, 0.5) is 0 Å². The zero-order valence-corrected chi connectivity index (χ0v) is 14.2. The largest absolute Gasteiger partial charge is 0.271 e. The van der Waals surface area contributed by atoms with E-state index in [0.29, 0.717) is 0 Å². The molecule has 0 amide bonds. The van der Waals surface area contributed by atoms with Gasteiger partial charge in [0.2, 0.25) is 0 Å². The molecule has 1 atom stereocenters. The van der Waals surface area contributed by atoms with Crippen LogP contribution in [0.2, 0.25) is 0 Å². The Morgan fingerprint density at radius 2 is 1.71 bits per heavy atom. The maximum Gasteiger partial charge on any atom is 0.0629 e. The van der Waals surface area contributed by atoms with Crippen molar-refractivity contribution in [2.24, 2.45) is 12.9 Å². The Labute approximate surface area is 130 Å². The highest BCUT2D eigenvalue weighted by atomic mass is 15.3. The fourth-order valence-electron chi connectivity index (χ4n) is 2.84. The smallest absolute Gasteiger partial charge is 0.0629 e. The molecule has 0 radical (unpaired) electrons. The van der Waals surface area contributed by atoms with Gasteiger partial charge in [0.1, 0.15) is 0 Å². The van der Waals surface area contributed by atoms with Crippen molar-refractivity contribution in [3.8, 4) is 0 Å². The van der Waals surface area contributed by atoms with Crippen molar-refractivity contribution in [2.75, 3.05) is 0 Å².